The zero-order chi connectivity index (χ0) is 13.5. The van der Waals surface area contributed by atoms with Crippen molar-refractivity contribution in [2.45, 2.75) is 27.2 Å². The molecule has 0 unspecified atom stereocenters. The van der Waals surface area contributed by atoms with Gasteiger partial charge in [0.2, 0.25) is 0 Å². The maximum Gasteiger partial charge on any atom is 0.257 e. The van der Waals surface area contributed by atoms with Crippen LogP contribution in [-0.2, 0) is 4.79 Å². The number of halogens is 1. The first-order valence-corrected chi connectivity index (χ1v) is 6.52. The third-order valence-electron chi connectivity index (χ3n) is 2.54. The molecular weight excluding hydrogens is 250 g/mol. The summed E-state index contributed by atoms with van der Waals surface area (Å²) in [7, 11) is 0. The van der Waals surface area contributed by atoms with Gasteiger partial charge in [-0.05, 0) is 43.0 Å². The van der Waals surface area contributed by atoms with Crippen LogP contribution >= 0.6 is 11.6 Å². The van der Waals surface area contributed by atoms with Crippen LogP contribution in [0.15, 0.2) is 18.2 Å². The third-order valence-corrected chi connectivity index (χ3v) is 2.77. The SMILES string of the molecule is Cc1cc(Cl)ccc1OCC(=O)NCCC(C)C. The van der Waals surface area contributed by atoms with Crippen LogP contribution in [0.1, 0.15) is 25.8 Å². The Balaban J connectivity index is 2.33. The van der Waals surface area contributed by atoms with E-state index < -0.39 is 0 Å². The number of hydrogen-bond donors (Lipinski definition) is 1. The molecule has 1 N–H and O–H groups in total. The average Bonchev–Trinajstić information content (AvgIpc) is 2.27. The molecule has 0 spiro atoms. The quantitative estimate of drug-likeness (QED) is 0.861. The van der Waals surface area contributed by atoms with Gasteiger partial charge in [-0.1, -0.05) is 25.4 Å². The van der Waals surface area contributed by atoms with Crippen molar-refractivity contribution in [2.75, 3.05) is 13.2 Å². The molecule has 0 atom stereocenters. The lowest BCUT2D eigenvalue weighted by molar-refractivity contribution is -0.123. The van der Waals surface area contributed by atoms with Gasteiger partial charge in [0.15, 0.2) is 6.61 Å². The van der Waals surface area contributed by atoms with Gasteiger partial charge in [-0.3, -0.25) is 4.79 Å². The fraction of sp³-hybridized carbons (Fsp3) is 0.500. The summed E-state index contributed by atoms with van der Waals surface area (Å²) in [4.78, 5) is 11.5. The van der Waals surface area contributed by atoms with E-state index in [1.165, 1.54) is 0 Å². The van der Waals surface area contributed by atoms with Crippen molar-refractivity contribution < 1.29 is 9.53 Å². The number of amides is 1. The molecule has 0 radical (unpaired) electrons. The number of carbonyl (C=O) groups excluding carboxylic acids is 1. The molecule has 18 heavy (non-hydrogen) atoms. The number of ether oxygens (including phenoxy) is 1. The Hall–Kier alpha value is -1.22. The minimum Gasteiger partial charge on any atom is -0.484 e. The van der Waals surface area contributed by atoms with E-state index in [1.807, 2.05) is 13.0 Å². The van der Waals surface area contributed by atoms with E-state index in [4.69, 9.17) is 16.3 Å². The summed E-state index contributed by atoms with van der Waals surface area (Å²) in [6.45, 7) is 6.89. The highest BCUT2D eigenvalue weighted by Crippen LogP contribution is 2.21. The molecule has 0 aliphatic heterocycles. The van der Waals surface area contributed by atoms with Crippen LogP contribution in [0.5, 0.6) is 5.75 Å². The molecule has 1 aromatic carbocycles. The number of benzene rings is 1. The van der Waals surface area contributed by atoms with Crippen LogP contribution in [0.4, 0.5) is 0 Å². The lowest BCUT2D eigenvalue weighted by atomic mass is 10.1. The van der Waals surface area contributed by atoms with Gasteiger partial charge in [0, 0.05) is 11.6 Å². The zero-order valence-corrected chi connectivity index (χ0v) is 11.9. The lowest BCUT2D eigenvalue weighted by Gasteiger charge is -2.10. The predicted molar refractivity (Wildman–Crippen MR) is 74.1 cm³/mol. The van der Waals surface area contributed by atoms with Crippen molar-refractivity contribution in [3.63, 3.8) is 0 Å². The predicted octanol–water partition coefficient (Wildman–Crippen LogP) is 3.19. The Morgan fingerprint density at radius 2 is 2.17 bits per heavy atom. The zero-order valence-electron chi connectivity index (χ0n) is 11.1. The van der Waals surface area contributed by atoms with Gasteiger partial charge in [0.05, 0.1) is 0 Å². The fourth-order valence-electron chi connectivity index (χ4n) is 1.47. The minimum atomic E-state index is -0.0926. The van der Waals surface area contributed by atoms with Crippen LogP contribution in [0.3, 0.4) is 0 Å². The van der Waals surface area contributed by atoms with Gasteiger partial charge in [0.25, 0.3) is 5.91 Å². The van der Waals surface area contributed by atoms with Crippen molar-refractivity contribution >= 4 is 17.5 Å². The molecule has 0 fully saturated rings. The van der Waals surface area contributed by atoms with E-state index in [0.717, 1.165) is 12.0 Å². The van der Waals surface area contributed by atoms with Gasteiger partial charge in [-0.25, -0.2) is 0 Å². The van der Waals surface area contributed by atoms with Gasteiger partial charge in [0.1, 0.15) is 5.75 Å². The highest BCUT2D eigenvalue weighted by Gasteiger charge is 2.05. The Kier molecular flexibility index (Phi) is 5.99. The number of aryl methyl sites for hydroxylation is 1. The molecule has 0 aliphatic rings. The van der Waals surface area contributed by atoms with Gasteiger partial charge in [-0.2, -0.15) is 0 Å². The third kappa shape index (κ3) is 5.41. The molecule has 0 heterocycles. The normalized spacial score (nSPS) is 10.5. The van der Waals surface area contributed by atoms with E-state index in [1.54, 1.807) is 12.1 Å². The Morgan fingerprint density at radius 3 is 2.78 bits per heavy atom. The van der Waals surface area contributed by atoms with Gasteiger partial charge >= 0.3 is 0 Å². The average molecular weight is 270 g/mol. The molecular formula is C14H20ClNO2. The van der Waals surface area contributed by atoms with E-state index >= 15 is 0 Å². The molecule has 100 valence electrons. The van der Waals surface area contributed by atoms with E-state index in [2.05, 4.69) is 19.2 Å². The van der Waals surface area contributed by atoms with Crippen molar-refractivity contribution in [3.8, 4) is 5.75 Å². The fourth-order valence-corrected chi connectivity index (χ4v) is 1.70. The summed E-state index contributed by atoms with van der Waals surface area (Å²) < 4.78 is 5.44. The Labute approximate surface area is 113 Å². The molecule has 1 aromatic rings. The molecule has 0 bridgehead atoms. The highest BCUT2D eigenvalue weighted by atomic mass is 35.5. The van der Waals surface area contributed by atoms with Crippen LogP contribution in [0, 0.1) is 12.8 Å². The van der Waals surface area contributed by atoms with E-state index in [9.17, 15) is 4.79 Å². The van der Waals surface area contributed by atoms with Crippen molar-refractivity contribution in [1.82, 2.24) is 5.32 Å². The molecule has 0 aromatic heterocycles. The summed E-state index contributed by atoms with van der Waals surface area (Å²) >= 11 is 5.84. The summed E-state index contributed by atoms with van der Waals surface area (Å²) in [6, 6.07) is 5.34. The molecule has 4 heteroatoms. The summed E-state index contributed by atoms with van der Waals surface area (Å²) in [6.07, 6.45) is 0.978. The molecule has 0 aliphatic carbocycles. The minimum absolute atomic E-state index is 0.0422. The van der Waals surface area contributed by atoms with E-state index in [0.29, 0.717) is 23.2 Å². The lowest BCUT2D eigenvalue weighted by Crippen LogP contribution is -2.30. The Morgan fingerprint density at radius 1 is 1.44 bits per heavy atom. The highest BCUT2D eigenvalue weighted by molar-refractivity contribution is 6.30. The number of nitrogens with one attached hydrogen (secondary N) is 1. The van der Waals surface area contributed by atoms with Crippen molar-refractivity contribution in [1.29, 1.82) is 0 Å². The van der Waals surface area contributed by atoms with Crippen LogP contribution in [-0.4, -0.2) is 19.1 Å². The van der Waals surface area contributed by atoms with Crippen LogP contribution < -0.4 is 10.1 Å². The maximum absolute atomic E-state index is 11.5. The van der Waals surface area contributed by atoms with Crippen LogP contribution in [0.25, 0.3) is 0 Å². The topological polar surface area (TPSA) is 38.3 Å². The second kappa shape index (κ2) is 7.27. The largest absolute Gasteiger partial charge is 0.484 e. The molecule has 0 saturated carbocycles. The van der Waals surface area contributed by atoms with Crippen LogP contribution in [0.2, 0.25) is 5.02 Å². The smallest absolute Gasteiger partial charge is 0.257 e. The second-order valence-corrected chi connectivity index (χ2v) is 5.17. The van der Waals surface area contributed by atoms with Gasteiger partial charge in [-0.15, -0.1) is 0 Å². The van der Waals surface area contributed by atoms with Crippen molar-refractivity contribution in [2.24, 2.45) is 5.92 Å². The first-order valence-electron chi connectivity index (χ1n) is 6.14. The summed E-state index contributed by atoms with van der Waals surface area (Å²) in [5.74, 6) is 1.19. The summed E-state index contributed by atoms with van der Waals surface area (Å²) in [5.41, 5.74) is 0.928. The molecule has 0 saturated heterocycles. The number of hydrogen-bond acceptors (Lipinski definition) is 2. The number of rotatable bonds is 6. The van der Waals surface area contributed by atoms with E-state index in [-0.39, 0.29) is 12.5 Å². The van der Waals surface area contributed by atoms with Gasteiger partial charge < -0.3 is 10.1 Å². The van der Waals surface area contributed by atoms with Crippen molar-refractivity contribution in [3.05, 3.63) is 28.8 Å². The molecule has 3 nitrogen and oxygen atoms in total. The number of carbonyl (C=O) groups is 1. The summed E-state index contributed by atoms with van der Waals surface area (Å²) in [5, 5.41) is 3.49. The monoisotopic (exact) mass is 269 g/mol. The standard InChI is InChI=1S/C14H20ClNO2/c1-10(2)6-7-16-14(17)9-18-13-5-4-12(15)8-11(13)3/h4-5,8,10H,6-7,9H2,1-3H3,(H,16,17). The Bertz CT molecular complexity index is 405. The maximum atomic E-state index is 11.5. The first-order chi connectivity index (χ1) is 8.49. The molecule has 1 rings (SSSR count). The molecule has 1 amide bonds. The second-order valence-electron chi connectivity index (χ2n) is 4.73. The first kappa shape index (κ1) is 14.8.